The molecule has 1 fully saturated rings. The third-order valence-electron chi connectivity index (χ3n) is 5.23. The number of rotatable bonds is 4. The van der Waals surface area contributed by atoms with Gasteiger partial charge in [0.15, 0.2) is 5.69 Å². The molecule has 3 aromatic rings. The first kappa shape index (κ1) is 22.1. The summed E-state index contributed by atoms with van der Waals surface area (Å²) in [4.78, 5) is 17.2. The Morgan fingerprint density at radius 3 is 2.82 bits per heavy atom. The summed E-state index contributed by atoms with van der Waals surface area (Å²) < 4.78 is 1.68. The highest BCUT2D eigenvalue weighted by Crippen LogP contribution is 2.25. The van der Waals surface area contributed by atoms with E-state index < -0.39 is 0 Å². The third kappa shape index (κ3) is 3.97. The maximum absolute atomic E-state index is 12.7. The smallest absolute Gasteiger partial charge is 0.273 e. The number of hydrogen-bond donors (Lipinski definition) is 2. The number of aromatic nitrogens is 4. The van der Waals surface area contributed by atoms with E-state index in [0.29, 0.717) is 23.9 Å². The van der Waals surface area contributed by atoms with Gasteiger partial charge in [0.25, 0.3) is 5.91 Å². The highest BCUT2D eigenvalue weighted by Gasteiger charge is 2.29. The second-order valence-corrected chi connectivity index (χ2v) is 6.79. The molecular weight excluding hydrogens is 399 g/mol. The Morgan fingerprint density at radius 2 is 2.04 bits per heavy atom. The van der Waals surface area contributed by atoms with Crippen molar-refractivity contribution in [2.24, 2.45) is 11.7 Å². The van der Waals surface area contributed by atoms with E-state index in [4.69, 9.17) is 5.73 Å². The fraction of sp³-hybridized carbons (Fsp3) is 0.368. The Kier molecular flexibility index (Phi) is 7.35. The lowest BCUT2D eigenvalue weighted by molar-refractivity contribution is 0.0923. The Bertz CT molecular complexity index is 955. The zero-order valence-corrected chi connectivity index (χ0v) is 17.2. The fourth-order valence-corrected chi connectivity index (χ4v) is 3.77. The number of hydrogen-bond acceptors (Lipinski definition) is 5. The van der Waals surface area contributed by atoms with Crippen molar-refractivity contribution in [3.05, 3.63) is 47.9 Å². The number of carbonyl (C=O) groups is 1. The van der Waals surface area contributed by atoms with Crippen LogP contribution in [0.4, 0.5) is 0 Å². The largest absolute Gasteiger partial charge is 0.348 e. The van der Waals surface area contributed by atoms with E-state index in [1.54, 1.807) is 10.9 Å². The molecule has 0 saturated heterocycles. The van der Waals surface area contributed by atoms with Crippen LogP contribution in [0.2, 0.25) is 0 Å². The zero-order chi connectivity index (χ0) is 18.1. The number of pyridine rings is 1. The molecule has 150 valence electrons. The van der Waals surface area contributed by atoms with Gasteiger partial charge in [-0.25, -0.2) is 4.68 Å². The summed E-state index contributed by atoms with van der Waals surface area (Å²) in [7, 11) is 0. The molecule has 9 heteroatoms. The predicted octanol–water partition coefficient (Wildman–Crippen LogP) is 2.82. The molecule has 1 aliphatic rings. The quantitative estimate of drug-likeness (QED) is 0.673. The van der Waals surface area contributed by atoms with E-state index in [-0.39, 0.29) is 36.8 Å². The van der Waals surface area contributed by atoms with E-state index in [1.807, 2.05) is 37.3 Å². The number of carbonyl (C=O) groups excluding carboxylic acids is 1. The average molecular weight is 423 g/mol. The molecule has 28 heavy (non-hydrogen) atoms. The van der Waals surface area contributed by atoms with Crippen molar-refractivity contribution in [2.75, 3.05) is 6.54 Å². The van der Waals surface area contributed by atoms with Crippen molar-refractivity contribution in [1.82, 2.24) is 25.3 Å². The van der Waals surface area contributed by atoms with Crippen LogP contribution in [-0.2, 0) is 0 Å². The van der Waals surface area contributed by atoms with Crippen molar-refractivity contribution >= 4 is 41.6 Å². The first-order valence-corrected chi connectivity index (χ1v) is 8.96. The van der Waals surface area contributed by atoms with Gasteiger partial charge in [0.1, 0.15) is 0 Å². The van der Waals surface area contributed by atoms with Crippen LogP contribution in [0, 0.1) is 12.8 Å². The standard InChI is InChI=1S/C19H22N6O.2ClH/c1-12-17(19(26)22-15-8-2-6-14(15)11-20)23-24-25(12)16-9-3-5-13-7-4-10-21-18(13)16;;/h3-5,7,9-10,14-15H,2,6,8,11,20H2,1H3,(H,22,26);2*1H. The van der Waals surface area contributed by atoms with Crippen LogP contribution >= 0.6 is 24.8 Å². The van der Waals surface area contributed by atoms with E-state index in [9.17, 15) is 4.79 Å². The number of para-hydroxylation sites is 1. The highest BCUT2D eigenvalue weighted by atomic mass is 35.5. The number of nitrogens with two attached hydrogens (primary N) is 1. The Balaban J connectivity index is 0.00000140. The molecule has 2 atom stereocenters. The first-order chi connectivity index (χ1) is 12.7. The SMILES string of the molecule is Cc1c(C(=O)NC2CCCC2CN)nnn1-c1cccc2cccnc12.Cl.Cl. The lowest BCUT2D eigenvalue weighted by Gasteiger charge is -2.18. The van der Waals surface area contributed by atoms with E-state index >= 15 is 0 Å². The molecule has 4 rings (SSSR count). The topological polar surface area (TPSA) is 98.7 Å². The molecular formula is C19H24Cl2N6O. The molecule has 3 N–H and O–H groups in total. The van der Waals surface area contributed by atoms with Crippen LogP contribution in [0.1, 0.15) is 35.4 Å². The Labute approximate surface area is 175 Å². The Hall–Kier alpha value is -2.22. The molecule has 0 radical (unpaired) electrons. The van der Waals surface area contributed by atoms with Crippen molar-refractivity contribution in [2.45, 2.75) is 32.2 Å². The van der Waals surface area contributed by atoms with Crippen LogP contribution in [-0.4, -0.2) is 38.5 Å². The molecule has 0 bridgehead atoms. The maximum Gasteiger partial charge on any atom is 0.273 e. The number of halogens is 2. The lowest BCUT2D eigenvalue weighted by atomic mass is 10.0. The summed E-state index contributed by atoms with van der Waals surface area (Å²) in [5, 5.41) is 12.5. The van der Waals surface area contributed by atoms with E-state index in [2.05, 4.69) is 20.6 Å². The number of amides is 1. The molecule has 0 spiro atoms. The molecule has 1 saturated carbocycles. The molecule has 2 aromatic heterocycles. The first-order valence-electron chi connectivity index (χ1n) is 8.96. The van der Waals surface area contributed by atoms with Crippen LogP contribution in [0.5, 0.6) is 0 Å². The van der Waals surface area contributed by atoms with Crippen LogP contribution < -0.4 is 11.1 Å². The normalized spacial score (nSPS) is 18.4. The van der Waals surface area contributed by atoms with Gasteiger partial charge in [0, 0.05) is 17.6 Å². The van der Waals surface area contributed by atoms with Gasteiger partial charge in [0.2, 0.25) is 0 Å². The zero-order valence-electron chi connectivity index (χ0n) is 15.5. The van der Waals surface area contributed by atoms with Crippen LogP contribution in [0.3, 0.4) is 0 Å². The van der Waals surface area contributed by atoms with Gasteiger partial charge in [-0.3, -0.25) is 9.78 Å². The van der Waals surface area contributed by atoms with Crippen LogP contribution in [0.15, 0.2) is 36.5 Å². The van der Waals surface area contributed by atoms with Gasteiger partial charge >= 0.3 is 0 Å². The Morgan fingerprint density at radius 1 is 1.25 bits per heavy atom. The summed E-state index contributed by atoms with van der Waals surface area (Å²) >= 11 is 0. The fourth-order valence-electron chi connectivity index (χ4n) is 3.77. The number of benzene rings is 1. The van der Waals surface area contributed by atoms with Gasteiger partial charge in [-0.15, -0.1) is 29.9 Å². The van der Waals surface area contributed by atoms with Crippen molar-refractivity contribution in [3.63, 3.8) is 0 Å². The monoisotopic (exact) mass is 422 g/mol. The summed E-state index contributed by atoms with van der Waals surface area (Å²) in [6.45, 7) is 2.45. The van der Waals surface area contributed by atoms with Gasteiger partial charge < -0.3 is 11.1 Å². The summed E-state index contributed by atoms with van der Waals surface area (Å²) in [6.07, 6.45) is 4.88. The minimum absolute atomic E-state index is 0. The van der Waals surface area contributed by atoms with Gasteiger partial charge in [-0.2, -0.15) is 0 Å². The number of nitrogens with zero attached hydrogens (tertiary/aromatic N) is 4. The van der Waals surface area contributed by atoms with Crippen molar-refractivity contribution < 1.29 is 4.79 Å². The van der Waals surface area contributed by atoms with Crippen molar-refractivity contribution in [3.8, 4) is 5.69 Å². The molecule has 2 unspecified atom stereocenters. The average Bonchev–Trinajstić information content (AvgIpc) is 3.27. The lowest BCUT2D eigenvalue weighted by Crippen LogP contribution is -2.40. The summed E-state index contributed by atoms with van der Waals surface area (Å²) in [5.74, 6) is 0.156. The molecule has 0 aliphatic heterocycles. The minimum atomic E-state index is -0.188. The van der Waals surface area contributed by atoms with Crippen molar-refractivity contribution in [1.29, 1.82) is 0 Å². The van der Waals surface area contributed by atoms with Gasteiger partial charge in [0.05, 0.1) is 16.9 Å². The van der Waals surface area contributed by atoms with Gasteiger partial charge in [-0.05, 0) is 44.4 Å². The molecule has 1 aromatic carbocycles. The second kappa shape index (κ2) is 9.32. The summed E-state index contributed by atoms with van der Waals surface area (Å²) in [5.41, 5.74) is 8.50. The van der Waals surface area contributed by atoms with E-state index in [0.717, 1.165) is 35.9 Å². The number of fused-ring (bicyclic) bond motifs is 1. The molecule has 7 nitrogen and oxygen atoms in total. The predicted molar refractivity (Wildman–Crippen MR) is 114 cm³/mol. The molecule has 1 amide bonds. The highest BCUT2D eigenvalue weighted by molar-refractivity contribution is 5.94. The van der Waals surface area contributed by atoms with Crippen LogP contribution in [0.25, 0.3) is 16.6 Å². The van der Waals surface area contributed by atoms with E-state index in [1.165, 1.54) is 0 Å². The maximum atomic E-state index is 12.7. The summed E-state index contributed by atoms with van der Waals surface area (Å²) in [6, 6.07) is 9.90. The second-order valence-electron chi connectivity index (χ2n) is 6.79. The minimum Gasteiger partial charge on any atom is -0.348 e. The van der Waals surface area contributed by atoms with Gasteiger partial charge in [-0.1, -0.05) is 29.8 Å². The number of nitrogens with one attached hydrogen (secondary N) is 1. The molecule has 1 aliphatic carbocycles. The third-order valence-corrected chi connectivity index (χ3v) is 5.23. The molecule has 2 heterocycles.